The Bertz CT molecular complexity index is 1310. The molecule has 0 saturated heterocycles. The van der Waals surface area contributed by atoms with Crippen molar-refractivity contribution in [1.29, 1.82) is 0 Å². The third kappa shape index (κ3) is 5.56. The summed E-state index contributed by atoms with van der Waals surface area (Å²) >= 11 is 9.18. The van der Waals surface area contributed by atoms with Gasteiger partial charge in [-0.15, -0.1) is 0 Å². The second kappa shape index (κ2) is 10.4. The number of carbonyl (C=O) groups excluding carboxylic acids is 2. The lowest BCUT2D eigenvalue weighted by Gasteiger charge is -2.09. The van der Waals surface area contributed by atoms with Gasteiger partial charge in [0.05, 0.1) is 10.7 Å². The molecule has 0 atom stereocenters. The Balaban J connectivity index is 1.58. The van der Waals surface area contributed by atoms with E-state index in [1.807, 2.05) is 0 Å². The van der Waals surface area contributed by atoms with E-state index in [1.165, 1.54) is 24.4 Å². The quantitative estimate of drug-likeness (QED) is 0.242. The fraction of sp³-hybridized carbons (Fsp3) is 0.0417. The van der Waals surface area contributed by atoms with Crippen molar-refractivity contribution in [3.8, 4) is 17.2 Å². The van der Waals surface area contributed by atoms with Crippen LogP contribution in [0.3, 0.4) is 0 Å². The minimum atomic E-state index is -0.682. The zero-order chi connectivity index (χ0) is 24.1. The fourth-order valence-electron chi connectivity index (χ4n) is 3.02. The average Bonchev–Trinajstić information content (AvgIpc) is 3.30. The summed E-state index contributed by atoms with van der Waals surface area (Å²) in [6.45, 7) is 0.113. The van der Waals surface area contributed by atoms with Gasteiger partial charge < -0.3 is 19.9 Å². The number of ether oxygens (including phenoxy) is 2. The van der Waals surface area contributed by atoms with Crippen molar-refractivity contribution in [2.45, 2.75) is 0 Å². The summed E-state index contributed by atoms with van der Waals surface area (Å²) < 4.78 is 11.1. The summed E-state index contributed by atoms with van der Waals surface area (Å²) in [5, 5.41) is 17.0. The van der Waals surface area contributed by atoms with Gasteiger partial charge in [-0.05, 0) is 64.0 Å². The Morgan fingerprint density at radius 3 is 2.62 bits per heavy atom. The van der Waals surface area contributed by atoms with Gasteiger partial charge in [-0.1, -0.05) is 35.9 Å². The molecule has 0 saturated carbocycles. The molecule has 3 aromatic rings. The van der Waals surface area contributed by atoms with E-state index in [0.29, 0.717) is 32.1 Å². The van der Waals surface area contributed by atoms with Crippen molar-refractivity contribution in [3.63, 3.8) is 0 Å². The van der Waals surface area contributed by atoms with Crippen LogP contribution < -0.4 is 20.2 Å². The average molecular weight is 543 g/mol. The van der Waals surface area contributed by atoms with Gasteiger partial charge in [-0.25, -0.2) is 5.43 Å². The number of aromatic hydroxyl groups is 1. The van der Waals surface area contributed by atoms with Crippen molar-refractivity contribution >= 4 is 51.6 Å². The lowest BCUT2D eigenvalue weighted by atomic mass is 10.1. The first kappa shape index (κ1) is 23.3. The van der Waals surface area contributed by atoms with Crippen LogP contribution >= 0.6 is 27.5 Å². The predicted molar refractivity (Wildman–Crippen MR) is 131 cm³/mol. The SMILES string of the molecule is O=C(N/N=C/c1cc(Cl)cc(Br)c1O)C(=Cc1ccc2c(c1)OCO2)NC(=O)c1ccccc1. The number of nitrogens with zero attached hydrogens (tertiary/aromatic N) is 1. The zero-order valence-corrected chi connectivity index (χ0v) is 19.8. The number of hydrazone groups is 1. The highest BCUT2D eigenvalue weighted by Gasteiger charge is 2.17. The van der Waals surface area contributed by atoms with E-state index in [1.54, 1.807) is 48.5 Å². The molecule has 0 bridgehead atoms. The first-order valence-corrected chi connectivity index (χ1v) is 11.1. The number of amides is 2. The second-order valence-corrected chi connectivity index (χ2v) is 8.31. The number of phenolic OH excluding ortho intramolecular Hbond substituents is 1. The molecule has 0 radical (unpaired) electrons. The van der Waals surface area contributed by atoms with Crippen LogP contribution in [0.2, 0.25) is 5.02 Å². The zero-order valence-electron chi connectivity index (χ0n) is 17.4. The molecular formula is C24H17BrClN3O5. The highest BCUT2D eigenvalue weighted by Crippen LogP contribution is 2.33. The predicted octanol–water partition coefficient (Wildman–Crippen LogP) is 4.46. The Morgan fingerprint density at radius 1 is 1.06 bits per heavy atom. The number of hydrogen-bond donors (Lipinski definition) is 3. The second-order valence-electron chi connectivity index (χ2n) is 7.02. The molecule has 0 fully saturated rings. The summed E-state index contributed by atoms with van der Waals surface area (Å²) in [7, 11) is 0. The van der Waals surface area contributed by atoms with Crippen LogP contribution in [0.5, 0.6) is 17.2 Å². The van der Waals surface area contributed by atoms with Crippen LogP contribution in [0.15, 0.2) is 75.9 Å². The number of halogens is 2. The highest BCUT2D eigenvalue weighted by atomic mass is 79.9. The lowest BCUT2D eigenvalue weighted by Crippen LogP contribution is -2.32. The maximum Gasteiger partial charge on any atom is 0.287 e. The number of rotatable bonds is 6. The largest absolute Gasteiger partial charge is 0.506 e. The van der Waals surface area contributed by atoms with Crippen LogP contribution in [-0.4, -0.2) is 29.9 Å². The minimum absolute atomic E-state index is 0.0543. The van der Waals surface area contributed by atoms with Gasteiger partial charge in [0.15, 0.2) is 11.5 Å². The van der Waals surface area contributed by atoms with Crippen LogP contribution in [0.1, 0.15) is 21.5 Å². The normalized spacial score (nSPS) is 12.6. The first-order chi connectivity index (χ1) is 16.4. The molecule has 0 aromatic heterocycles. The van der Waals surface area contributed by atoms with E-state index in [-0.39, 0.29) is 23.8 Å². The summed E-state index contributed by atoms with van der Waals surface area (Å²) in [4.78, 5) is 25.6. The monoisotopic (exact) mass is 541 g/mol. The van der Waals surface area contributed by atoms with E-state index in [0.717, 1.165) is 0 Å². The molecule has 3 N–H and O–H groups in total. The number of benzene rings is 3. The van der Waals surface area contributed by atoms with Gasteiger partial charge in [0.1, 0.15) is 11.4 Å². The maximum atomic E-state index is 12.9. The van der Waals surface area contributed by atoms with Crippen molar-refractivity contribution in [1.82, 2.24) is 10.7 Å². The van der Waals surface area contributed by atoms with Crippen LogP contribution in [0.25, 0.3) is 6.08 Å². The molecule has 34 heavy (non-hydrogen) atoms. The molecule has 1 aliphatic heterocycles. The van der Waals surface area contributed by atoms with Gasteiger partial charge in [0, 0.05) is 16.1 Å². The van der Waals surface area contributed by atoms with Gasteiger partial charge >= 0.3 is 0 Å². The molecule has 0 spiro atoms. The number of nitrogens with one attached hydrogen (secondary N) is 2. The Hall–Kier alpha value is -3.82. The lowest BCUT2D eigenvalue weighted by molar-refractivity contribution is -0.117. The number of fused-ring (bicyclic) bond motifs is 1. The van der Waals surface area contributed by atoms with Crippen LogP contribution in [0, 0.1) is 0 Å². The van der Waals surface area contributed by atoms with Crippen molar-refractivity contribution in [2.75, 3.05) is 6.79 Å². The summed E-state index contributed by atoms with van der Waals surface area (Å²) in [6.07, 6.45) is 2.72. The molecule has 10 heteroatoms. The molecule has 2 amide bonds. The Morgan fingerprint density at radius 2 is 1.82 bits per heavy atom. The molecule has 0 unspecified atom stereocenters. The fourth-order valence-corrected chi connectivity index (χ4v) is 3.85. The Labute approximate surface area is 208 Å². The molecule has 3 aromatic carbocycles. The minimum Gasteiger partial charge on any atom is -0.506 e. The summed E-state index contributed by atoms with van der Waals surface area (Å²) in [5.41, 5.74) is 3.56. The topological polar surface area (TPSA) is 109 Å². The van der Waals surface area contributed by atoms with E-state index in [9.17, 15) is 14.7 Å². The van der Waals surface area contributed by atoms with Crippen molar-refractivity contribution in [3.05, 3.63) is 92.5 Å². The van der Waals surface area contributed by atoms with Crippen molar-refractivity contribution < 1.29 is 24.2 Å². The maximum absolute atomic E-state index is 12.9. The smallest absolute Gasteiger partial charge is 0.287 e. The molecule has 1 aliphatic rings. The standard InChI is InChI=1S/C24H17BrClN3O5/c25-18-11-17(26)10-16(22(18)30)12-27-29-24(32)19(28-23(31)15-4-2-1-3-5-15)8-14-6-7-20-21(9-14)34-13-33-20/h1-12,30H,13H2,(H,28,31)(H,29,32)/b19-8?,27-12+. The highest BCUT2D eigenvalue weighted by molar-refractivity contribution is 9.10. The van der Waals surface area contributed by atoms with Gasteiger partial charge in [0.25, 0.3) is 11.8 Å². The van der Waals surface area contributed by atoms with Gasteiger partial charge in [-0.3, -0.25) is 9.59 Å². The van der Waals surface area contributed by atoms with E-state index < -0.39 is 11.8 Å². The molecule has 4 rings (SSSR count). The van der Waals surface area contributed by atoms with Crippen LogP contribution in [0.4, 0.5) is 0 Å². The third-order valence-corrected chi connectivity index (χ3v) is 5.49. The van der Waals surface area contributed by atoms with Crippen molar-refractivity contribution in [2.24, 2.45) is 5.10 Å². The van der Waals surface area contributed by atoms with Gasteiger partial charge in [0.2, 0.25) is 6.79 Å². The molecule has 172 valence electrons. The molecule has 8 nitrogen and oxygen atoms in total. The number of phenols is 1. The van der Waals surface area contributed by atoms with E-state index in [2.05, 4.69) is 31.8 Å². The number of hydrogen-bond acceptors (Lipinski definition) is 6. The third-order valence-electron chi connectivity index (χ3n) is 4.66. The molecule has 1 heterocycles. The summed E-state index contributed by atoms with van der Waals surface area (Å²) in [6, 6.07) is 16.6. The Kier molecular flexibility index (Phi) is 7.15. The summed E-state index contributed by atoms with van der Waals surface area (Å²) in [5.74, 6) is -0.116. The molecule has 0 aliphatic carbocycles. The number of carbonyl (C=O) groups is 2. The van der Waals surface area contributed by atoms with Crippen LogP contribution in [-0.2, 0) is 4.79 Å². The van der Waals surface area contributed by atoms with E-state index in [4.69, 9.17) is 21.1 Å². The van der Waals surface area contributed by atoms with Gasteiger partial charge in [-0.2, -0.15) is 5.10 Å². The van der Waals surface area contributed by atoms with E-state index >= 15 is 0 Å². The molecular weight excluding hydrogens is 526 g/mol. The first-order valence-electron chi connectivity index (χ1n) is 9.90.